The zero-order valence-electron chi connectivity index (χ0n) is 43.1. The predicted molar refractivity (Wildman–Crippen MR) is 312 cm³/mol. The lowest BCUT2D eigenvalue weighted by atomic mass is 9.67. The third-order valence-corrected chi connectivity index (χ3v) is 15.0. The molecule has 0 spiro atoms. The maximum Gasteiger partial charge on any atom is 0.0713 e. The Labute approximate surface area is 428 Å². The van der Waals surface area contributed by atoms with Crippen LogP contribution >= 0.6 is 11.3 Å². The van der Waals surface area contributed by atoms with E-state index in [0.29, 0.717) is 5.92 Å². The Morgan fingerprint density at radius 3 is 1.46 bits per heavy atom. The zero-order chi connectivity index (χ0) is 49.9. The van der Waals surface area contributed by atoms with E-state index in [1.807, 2.05) is 35.6 Å². The number of thiophene rings is 1. The molecular weight excluding hydrogens is 873 g/mol. The molecule has 0 unspecified atom stereocenters. The fourth-order valence-electron chi connectivity index (χ4n) is 10.1. The first kappa shape index (κ1) is 50.1. The Morgan fingerprint density at radius 2 is 0.915 bits per heavy atom. The van der Waals surface area contributed by atoms with Crippen molar-refractivity contribution in [1.82, 2.24) is 0 Å². The predicted octanol–water partition coefficient (Wildman–Crippen LogP) is 19.9. The van der Waals surface area contributed by atoms with Gasteiger partial charge in [-0.15, -0.1) is 11.3 Å². The van der Waals surface area contributed by atoms with Gasteiger partial charge >= 0.3 is 0 Å². The highest BCUT2D eigenvalue weighted by molar-refractivity contribution is 7.25. The third kappa shape index (κ3) is 11.0. The molecule has 1 aliphatic rings. The lowest BCUT2D eigenvalue weighted by Crippen LogP contribution is -2.28. The van der Waals surface area contributed by atoms with Crippen molar-refractivity contribution >= 4 is 42.3 Å². The van der Waals surface area contributed by atoms with E-state index in [1.165, 1.54) is 109 Å². The highest BCUT2D eigenvalue weighted by atomic mass is 32.1. The normalized spacial score (nSPS) is 11.7. The number of hydrogen-bond donors (Lipinski definition) is 0. The van der Waals surface area contributed by atoms with E-state index in [0.717, 1.165) is 6.42 Å². The molecule has 11 aromatic rings. The Hall–Kier alpha value is -7.32. The molecule has 10 aromatic carbocycles. The van der Waals surface area contributed by atoms with Crippen molar-refractivity contribution in [3.05, 3.63) is 297 Å². The highest BCUT2D eigenvalue weighted by Crippen LogP contribution is 2.58. The maximum atomic E-state index is 2.44. The molecule has 1 heterocycles. The first-order valence-electron chi connectivity index (χ1n) is 25.3. The van der Waals surface area contributed by atoms with E-state index in [1.54, 1.807) is 0 Å². The average molecular weight is 941 g/mol. The largest absolute Gasteiger partial charge is 0.135 e. The molecule has 1 aliphatic carbocycles. The molecule has 71 heavy (non-hydrogen) atoms. The summed E-state index contributed by atoms with van der Waals surface area (Å²) in [5.41, 5.74) is 18.7. The Kier molecular flexibility index (Phi) is 16.3. The average Bonchev–Trinajstić information content (AvgIpc) is 3.93. The van der Waals surface area contributed by atoms with Gasteiger partial charge in [0.15, 0.2) is 0 Å². The molecule has 0 N–H and O–H groups in total. The van der Waals surface area contributed by atoms with Crippen LogP contribution in [0.3, 0.4) is 0 Å². The van der Waals surface area contributed by atoms with Crippen molar-refractivity contribution in [3.8, 4) is 11.1 Å². The van der Waals surface area contributed by atoms with Crippen molar-refractivity contribution in [2.24, 2.45) is 0 Å². The fraction of sp³-hybridized carbons (Fsp3) is 0.171. The molecule has 0 nitrogen and oxygen atoms in total. The second-order valence-corrected chi connectivity index (χ2v) is 20.3. The summed E-state index contributed by atoms with van der Waals surface area (Å²) < 4.78 is 2.80. The summed E-state index contributed by atoms with van der Waals surface area (Å²) in [5.74, 6) is 0.585. The van der Waals surface area contributed by atoms with Gasteiger partial charge in [0.2, 0.25) is 0 Å². The molecule has 1 aromatic heterocycles. The number of aryl methyl sites for hydroxylation is 7. The molecule has 0 saturated carbocycles. The van der Waals surface area contributed by atoms with Crippen LogP contribution in [-0.4, -0.2) is 0 Å². The molecule has 0 aliphatic heterocycles. The maximum absolute atomic E-state index is 2.44. The topological polar surface area (TPSA) is 0 Å². The van der Waals surface area contributed by atoms with Gasteiger partial charge in [-0.2, -0.15) is 0 Å². The molecule has 0 bridgehead atoms. The van der Waals surface area contributed by atoms with E-state index in [2.05, 4.69) is 269 Å². The van der Waals surface area contributed by atoms with Crippen molar-refractivity contribution in [2.75, 3.05) is 0 Å². The van der Waals surface area contributed by atoms with Gasteiger partial charge in [0.25, 0.3) is 0 Å². The Balaban J connectivity index is 0.000000139. The minimum Gasteiger partial charge on any atom is -0.135 e. The minimum absolute atomic E-state index is 0.325. The summed E-state index contributed by atoms with van der Waals surface area (Å²) >= 11 is 1.89. The van der Waals surface area contributed by atoms with E-state index < -0.39 is 0 Å². The fourth-order valence-corrected chi connectivity index (χ4v) is 11.2. The van der Waals surface area contributed by atoms with Crippen LogP contribution in [0.25, 0.3) is 42.1 Å². The van der Waals surface area contributed by atoms with Gasteiger partial charge < -0.3 is 0 Å². The van der Waals surface area contributed by atoms with Gasteiger partial charge in [0, 0.05) is 20.2 Å². The molecule has 1 heteroatoms. The summed E-state index contributed by atoms with van der Waals surface area (Å²) in [7, 11) is 0. The molecule has 12 rings (SSSR count). The van der Waals surface area contributed by atoms with Gasteiger partial charge in [0.05, 0.1) is 5.41 Å². The van der Waals surface area contributed by atoms with Crippen LogP contribution < -0.4 is 0 Å². The van der Waals surface area contributed by atoms with Crippen molar-refractivity contribution < 1.29 is 0 Å². The van der Waals surface area contributed by atoms with Crippen molar-refractivity contribution in [2.45, 2.75) is 80.1 Å². The Morgan fingerprint density at radius 1 is 0.394 bits per heavy atom. The van der Waals surface area contributed by atoms with Gasteiger partial charge in [-0.3, -0.25) is 0 Å². The lowest BCUT2D eigenvalue weighted by Gasteiger charge is -2.34. The first-order valence-corrected chi connectivity index (χ1v) is 26.1. The van der Waals surface area contributed by atoms with Crippen molar-refractivity contribution in [1.29, 1.82) is 0 Å². The van der Waals surface area contributed by atoms with Gasteiger partial charge in [-0.1, -0.05) is 256 Å². The summed E-state index contributed by atoms with van der Waals surface area (Å²) in [6, 6.07) is 82.9. The third-order valence-electron chi connectivity index (χ3n) is 13.8. The molecular formula is C70H68S. The minimum atomic E-state index is -0.325. The number of fused-ring (bicyclic) bond motifs is 8. The van der Waals surface area contributed by atoms with Crippen LogP contribution in [0.1, 0.15) is 93.5 Å². The van der Waals surface area contributed by atoms with Crippen LogP contribution in [0.2, 0.25) is 0 Å². The first-order chi connectivity index (χ1) is 34.5. The Bertz CT molecular complexity index is 3430. The van der Waals surface area contributed by atoms with Crippen LogP contribution in [0, 0.1) is 41.5 Å². The van der Waals surface area contributed by atoms with E-state index >= 15 is 0 Å². The molecule has 0 amide bonds. The zero-order valence-corrected chi connectivity index (χ0v) is 43.9. The van der Waals surface area contributed by atoms with Gasteiger partial charge in [-0.05, 0) is 138 Å². The van der Waals surface area contributed by atoms with Crippen LogP contribution in [0.15, 0.2) is 231 Å². The van der Waals surface area contributed by atoms with Gasteiger partial charge in [0.1, 0.15) is 0 Å². The smallest absolute Gasteiger partial charge is 0.0713 e. The monoisotopic (exact) mass is 941 g/mol. The second kappa shape index (κ2) is 23.1. The van der Waals surface area contributed by atoms with E-state index in [4.69, 9.17) is 0 Å². The molecule has 0 saturated heterocycles. The van der Waals surface area contributed by atoms with Gasteiger partial charge in [-0.25, -0.2) is 0 Å². The van der Waals surface area contributed by atoms with Crippen LogP contribution in [0.5, 0.6) is 0 Å². The number of rotatable bonds is 4. The second-order valence-electron chi connectivity index (χ2n) is 19.2. The summed E-state index contributed by atoms with van der Waals surface area (Å²) in [4.78, 5) is 0. The number of hydrogen-bond acceptors (Lipinski definition) is 1. The lowest BCUT2D eigenvalue weighted by molar-refractivity contribution is 0.767. The molecule has 0 radical (unpaired) electrons. The summed E-state index contributed by atoms with van der Waals surface area (Å²) in [6.07, 6.45) is 1.14. The molecule has 0 fully saturated rings. The molecule has 354 valence electrons. The van der Waals surface area contributed by atoms with E-state index in [9.17, 15) is 0 Å². The SMILES string of the molecule is CC(C)c1cccc2sc3ccccc3c12.CCc1ccccc1.Cc1ccc(C)c(C)c1.Cc1ccc2c(c1)C(c1ccccc1)(c1ccccc1)c1cc(C)c3ccccc3c1-2.Cc1ccccc1. The summed E-state index contributed by atoms with van der Waals surface area (Å²) in [5, 5.41) is 5.55. The summed E-state index contributed by atoms with van der Waals surface area (Å²) in [6.45, 7) is 19.6. The molecule has 0 atom stereocenters. The van der Waals surface area contributed by atoms with E-state index in [-0.39, 0.29) is 5.41 Å². The standard InChI is InChI=1S/C31H24.C15H14S.C9H12.C8H10.C7H8/c1-21-17-18-27-28(19-21)31(23-11-5-3-6-12-23,24-13-7-4-8-14-24)29-20-22(2)25-15-9-10-16-26(25)30(27)29;1-10(2)11-7-5-9-14-15(11)12-6-3-4-8-13(12)16-14;1-7-4-5-8(2)9(3)6-7;1-2-8-6-4-3-5-7-8;1-7-5-3-2-4-6-7/h3-20H,1-2H3;3-10H,1-2H3;4-6H,1-3H3;3-7H,2H2,1H3;2-6H,1H3. The van der Waals surface area contributed by atoms with Crippen LogP contribution in [0.4, 0.5) is 0 Å². The number of benzene rings is 10. The van der Waals surface area contributed by atoms with Crippen LogP contribution in [-0.2, 0) is 11.8 Å². The van der Waals surface area contributed by atoms with Crippen molar-refractivity contribution in [3.63, 3.8) is 0 Å². The quantitative estimate of drug-likeness (QED) is 0.165. The highest BCUT2D eigenvalue weighted by Gasteiger charge is 2.46.